The number of nitrogens with one attached hydrogen (secondary N) is 1. The number of anilines is 1. The van der Waals surface area contributed by atoms with Crippen molar-refractivity contribution in [3.63, 3.8) is 0 Å². The van der Waals surface area contributed by atoms with Crippen molar-refractivity contribution in [3.05, 3.63) is 64.7 Å². The van der Waals surface area contributed by atoms with Crippen molar-refractivity contribution >= 4 is 23.3 Å². The third-order valence-electron chi connectivity index (χ3n) is 3.09. The zero-order chi connectivity index (χ0) is 15.2. The molecule has 0 heterocycles. The average molecular weight is 304 g/mol. The summed E-state index contributed by atoms with van der Waals surface area (Å²) in [5.74, 6) is -0.305. The predicted molar refractivity (Wildman–Crippen MR) is 85.6 cm³/mol. The SMILES string of the molecule is CCOC(=O)C(Nc1ccc(C)cc1)c1ccc(Cl)cc1. The second kappa shape index (κ2) is 7.14. The van der Waals surface area contributed by atoms with Gasteiger partial charge < -0.3 is 10.1 Å². The van der Waals surface area contributed by atoms with Gasteiger partial charge in [-0.25, -0.2) is 4.79 Å². The monoisotopic (exact) mass is 303 g/mol. The number of carbonyl (C=O) groups is 1. The van der Waals surface area contributed by atoms with Crippen molar-refractivity contribution in [2.75, 3.05) is 11.9 Å². The highest BCUT2D eigenvalue weighted by molar-refractivity contribution is 6.30. The Balaban J connectivity index is 2.25. The van der Waals surface area contributed by atoms with Gasteiger partial charge in [-0.1, -0.05) is 41.4 Å². The molecular weight excluding hydrogens is 286 g/mol. The molecule has 0 amide bonds. The lowest BCUT2D eigenvalue weighted by Gasteiger charge is -2.19. The van der Waals surface area contributed by atoms with Gasteiger partial charge in [-0.05, 0) is 43.7 Å². The predicted octanol–water partition coefficient (Wildman–Crippen LogP) is 4.36. The number of carbonyl (C=O) groups excluding carboxylic acids is 1. The van der Waals surface area contributed by atoms with E-state index in [1.165, 1.54) is 5.56 Å². The number of ether oxygens (including phenoxy) is 1. The Hall–Kier alpha value is -2.00. The number of esters is 1. The summed E-state index contributed by atoms with van der Waals surface area (Å²) in [5.41, 5.74) is 2.85. The summed E-state index contributed by atoms with van der Waals surface area (Å²) in [4.78, 5) is 12.2. The van der Waals surface area contributed by atoms with Gasteiger partial charge in [0.1, 0.15) is 0 Å². The van der Waals surface area contributed by atoms with Gasteiger partial charge in [-0.15, -0.1) is 0 Å². The Bertz CT molecular complexity index is 593. The smallest absolute Gasteiger partial charge is 0.333 e. The van der Waals surface area contributed by atoms with E-state index in [0.29, 0.717) is 11.6 Å². The van der Waals surface area contributed by atoms with Crippen molar-refractivity contribution in [1.82, 2.24) is 0 Å². The maximum Gasteiger partial charge on any atom is 0.333 e. The lowest BCUT2D eigenvalue weighted by molar-refractivity contribution is -0.144. The molecule has 0 saturated heterocycles. The minimum atomic E-state index is -0.551. The highest BCUT2D eigenvalue weighted by Crippen LogP contribution is 2.23. The van der Waals surface area contributed by atoms with E-state index >= 15 is 0 Å². The Morgan fingerprint density at radius 2 is 1.76 bits per heavy atom. The van der Waals surface area contributed by atoms with Crippen LogP contribution in [-0.4, -0.2) is 12.6 Å². The molecule has 0 fully saturated rings. The van der Waals surface area contributed by atoms with E-state index in [9.17, 15) is 4.79 Å². The van der Waals surface area contributed by atoms with Crippen LogP contribution in [0.3, 0.4) is 0 Å². The fourth-order valence-corrected chi connectivity index (χ4v) is 2.10. The molecule has 1 N–H and O–H groups in total. The molecule has 0 bridgehead atoms. The summed E-state index contributed by atoms with van der Waals surface area (Å²) in [7, 11) is 0. The Labute approximate surface area is 129 Å². The zero-order valence-corrected chi connectivity index (χ0v) is 12.9. The Morgan fingerprint density at radius 3 is 2.33 bits per heavy atom. The molecule has 2 aromatic rings. The standard InChI is InChI=1S/C17H18ClNO2/c1-3-21-17(20)16(13-6-8-14(18)9-7-13)19-15-10-4-12(2)5-11-15/h4-11,16,19H,3H2,1-2H3. The number of hydrogen-bond donors (Lipinski definition) is 1. The van der Waals surface area contributed by atoms with Gasteiger partial charge in [0.15, 0.2) is 6.04 Å². The summed E-state index contributed by atoms with van der Waals surface area (Å²) in [6.45, 7) is 4.16. The van der Waals surface area contributed by atoms with Gasteiger partial charge in [0.2, 0.25) is 0 Å². The van der Waals surface area contributed by atoms with Crippen molar-refractivity contribution in [2.45, 2.75) is 19.9 Å². The van der Waals surface area contributed by atoms with E-state index in [4.69, 9.17) is 16.3 Å². The van der Waals surface area contributed by atoms with Crippen molar-refractivity contribution in [1.29, 1.82) is 0 Å². The van der Waals surface area contributed by atoms with Crippen LogP contribution in [0.2, 0.25) is 5.02 Å². The molecule has 2 rings (SSSR count). The summed E-state index contributed by atoms with van der Waals surface area (Å²) in [5, 5.41) is 3.84. The lowest BCUT2D eigenvalue weighted by atomic mass is 10.1. The molecule has 2 aromatic carbocycles. The fraction of sp³-hybridized carbons (Fsp3) is 0.235. The van der Waals surface area contributed by atoms with Crippen LogP contribution in [0, 0.1) is 6.92 Å². The minimum Gasteiger partial charge on any atom is -0.464 e. The summed E-state index contributed by atoms with van der Waals surface area (Å²) < 4.78 is 5.15. The fourth-order valence-electron chi connectivity index (χ4n) is 1.98. The van der Waals surface area contributed by atoms with Crippen LogP contribution in [0.4, 0.5) is 5.69 Å². The molecular formula is C17H18ClNO2. The maximum atomic E-state index is 12.2. The van der Waals surface area contributed by atoms with Crippen LogP contribution in [0.1, 0.15) is 24.1 Å². The first kappa shape index (κ1) is 15.4. The van der Waals surface area contributed by atoms with Gasteiger partial charge >= 0.3 is 5.97 Å². The Morgan fingerprint density at radius 1 is 1.14 bits per heavy atom. The van der Waals surface area contributed by atoms with Crippen LogP contribution in [0.5, 0.6) is 0 Å². The van der Waals surface area contributed by atoms with E-state index < -0.39 is 6.04 Å². The molecule has 0 aliphatic carbocycles. The first-order chi connectivity index (χ1) is 10.1. The van der Waals surface area contributed by atoms with Crippen LogP contribution in [0.25, 0.3) is 0 Å². The van der Waals surface area contributed by atoms with Crippen molar-refractivity contribution in [3.8, 4) is 0 Å². The number of benzene rings is 2. The third kappa shape index (κ3) is 4.23. The third-order valence-corrected chi connectivity index (χ3v) is 3.34. The molecule has 0 aliphatic heterocycles. The summed E-state index contributed by atoms with van der Waals surface area (Å²) >= 11 is 5.90. The second-order valence-corrected chi connectivity index (χ2v) is 5.18. The average Bonchev–Trinajstić information content (AvgIpc) is 2.48. The maximum absolute atomic E-state index is 12.2. The highest BCUT2D eigenvalue weighted by Gasteiger charge is 2.21. The summed E-state index contributed by atoms with van der Waals surface area (Å²) in [6.07, 6.45) is 0. The van der Waals surface area contributed by atoms with E-state index in [0.717, 1.165) is 11.3 Å². The molecule has 0 radical (unpaired) electrons. The summed E-state index contributed by atoms with van der Waals surface area (Å²) in [6, 6.07) is 14.5. The van der Waals surface area contributed by atoms with Crippen LogP contribution in [-0.2, 0) is 9.53 Å². The van der Waals surface area contributed by atoms with E-state index in [2.05, 4.69) is 5.32 Å². The number of halogens is 1. The van der Waals surface area contributed by atoms with Gasteiger partial charge in [0.25, 0.3) is 0 Å². The topological polar surface area (TPSA) is 38.3 Å². The molecule has 3 nitrogen and oxygen atoms in total. The van der Waals surface area contributed by atoms with Crippen LogP contribution < -0.4 is 5.32 Å². The molecule has 0 aliphatic rings. The quantitative estimate of drug-likeness (QED) is 0.834. The molecule has 0 spiro atoms. The first-order valence-electron chi connectivity index (χ1n) is 6.85. The van der Waals surface area contributed by atoms with E-state index in [1.54, 1.807) is 19.1 Å². The molecule has 0 aromatic heterocycles. The normalized spacial score (nSPS) is 11.8. The number of rotatable bonds is 5. The molecule has 1 unspecified atom stereocenters. The largest absolute Gasteiger partial charge is 0.464 e. The van der Waals surface area contributed by atoms with Gasteiger partial charge in [-0.3, -0.25) is 0 Å². The second-order valence-electron chi connectivity index (χ2n) is 4.75. The lowest BCUT2D eigenvalue weighted by Crippen LogP contribution is -2.23. The highest BCUT2D eigenvalue weighted by atomic mass is 35.5. The van der Waals surface area contributed by atoms with Crippen LogP contribution in [0.15, 0.2) is 48.5 Å². The number of hydrogen-bond acceptors (Lipinski definition) is 3. The minimum absolute atomic E-state index is 0.305. The van der Waals surface area contributed by atoms with Gasteiger partial charge in [-0.2, -0.15) is 0 Å². The number of aryl methyl sites for hydroxylation is 1. The van der Waals surface area contributed by atoms with E-state index in [-0.39, 0.29) is 5.97 Å². The van der Waals surface area contributed by atoms with E-state index in [1.807, 2.05) is 43.3 Å². The molecule has 21 heavy (non-hydrogen) atoms. The Kier molecular flexibility index (Phi) is 5.23. The first-order valence-corrected chi connectivity index (χ1v) is 7.23. The van der Waals surface area contributed by atoms with Gasteiger partial charge in [0.05, 0.1) is 6.61 Å². The molecule has 0 saturated carbocycles. The molecule has 110 valence electrons. The molecule has 4 heteroatoms. The van der Waals surface area contributed by atoms with Crippen molar-refractivity contribution < 1.29 is 9.53 Å². The zero-order valence-electron chi connectivity index (χ0n) is 12.1. The van der Waals surface area contributed by atoms with Crippen molar-refractivity contribution in [2.24, 2.45) is 0 Å². The van der Waals surface area contributed by atoms with Gasteiger partial charge in [0, 0.05) is 10.7 Å². The van der Waals surface area contributed by atoms with Crippen LogP contribution >= 0.6 is 11.6 Å². The molecule has 1 atom stereocenters.